The van der Waals surface area contributed by atoms with E-state index in [0.717, 1.165) is 17.7 Å². The lowest BCUT2D eigenvalue weighted by Crippen LogP contribution is -1.83. The van der Waals surface area contributed by atoms with Gasteiger partial charge in [0.1, 0.15) is 0 Å². The van der Waals surface area contributed by atoms with Gasteiger partial charge in [-0.15, -0.1) is 0 Å². The van der Waals surface area contributed by atoms with Crippen molar-refractivity contribution in [3.63, 3.8) is 0 Å². The van der Waals surface area contributed by atoms with Crippen LogP contribution >= 0.6 is 0 Å². The summed E-state index contributed by atoms with van der Waals surface area (Å²) in [6, 6.07) is 7.60. The lowest BCUT2D eigenvalue weighted by molar-refractivity contribution is 1.28. The largest absolute Gasteiger partial charge is 0.399 e. The van der Waals surface area contributed by atoms with Gasteiger partial charge in [-0.3, -0.25) is 0 Å². The fraction of sp³-hybridized carbons (Fsp3) is 0.200. The van der Waals surface area contributed by atoms with Crippen LogP contribution in [0, 0.1) is 11.8 Å². The molecule has 1 nitrogen and oxygen atoms in total. The van der Waals surface area contributed by atoms with E-state index in [1.165, 1.54) is 0 Å². The number of anilines is 1. The summed E-state index contributed by atoms with van der Waals surface area (Å²) in [6.45, 7) is 2.03. The Morgan fingerprint density at radius 1 is 1.45 bits per heavy atom. The van der Waals surface area contributed by atoms with Gasteiger partial charge in [0.2, 0.25) is 0 Å². The molecule has 0 bridgehead atoms. The normalized spacial score (nSPS) is 8.45. The zero-order valence-electron chi connectivity index (χ0n) is 6.59. The molecule has 1 heteroatoms. The van der Waals surface area contributed by atoms with Crippen molar-refractivity contribution in [3.05, 3.63) is 29.8 Å². The molecule has 0 saturated heterocycles. The summed E-state index contributed by atoms with van der Waals surface area (Å²) < 4.78 is 0. The zero-order chi connectivity index (χ0) is 8.10. The monoisotopic (exact) mass is 145 g/mol. The van der Waals surface area contributed by atoms with Crippen LogP contribution in [0.2, 0.25) is 0 Å². The van der Waals surface area contributed by atoms with Crippen molar-refractivity contribution in [2.24, 2.45) is 0 Å². The maximum Gasteiger partial charge on any atom is 0.0326 e. The second-order valence-electron chi connectivity index (χ2n) is 2.28. The highest BCUT2D eigenvalue weighted by molar-refractivity contribution is 5.46. The van der Waals surface area contributed by atoms with Gasteiger partial charge in [0.05, 0.1) is 0 Å². The molecule has 0 spiro atoms. The molecule has 11 heavy (non-hydrogen) atoms. The van der Waals surface area contributed by atoms with Gasteiger partial charge in [-0.25, -0.2) is 0 Å². The summed E-state index contributed by atoms with van der Waals surface area (Å²) in [5.74, 6) is 5.99. The Bertz CT molecular complexity index is 291. The van der Waals surface area contributed by atoms with Crippen LogP contribution in [0.1, 0.15) is 18.9 Å². The van der Waals surface area contributed by atoms with Gasteiger partial charge in [0.25, 0.3) is 0 Å². The lowest BCUT2D eigenvalue weighted by Gasteiger charge is -1.91. The van der Waals surface area contributed by atoms with E-state index in [9.17, 15) is 0 Å². The Balaban J connectivity index is 2.87. The second-order valence-corrected chi connectivity index (χ2v) is 2.28. The third-order valence-corrected chi connectivity index (χ3v) is 1.30. The molecule has 0 aliphatic rings. The first-order chi connectivity index (χ1) is 5.33. The number of hydrogen-bond donors (Lipinski definition) is 1. The molecule has 2 N–H and O–H groups in total. The average Bonchev–Trinajstić information content (AvgIpc) is 2.01. The third-order valence-electron chi connectivity index (χ3n) is 1.30. The van der Waals surface area contributed by atoms with E-state index in [2.05, 4.69) is 11.8 Å². The molecule has 0 unspecified atom stereocenters. The molecule has 0 amide bonds. The predicted molar refractivity (Wildman–Crippen MR) is 48.0 cm³/mol. The van der Waals surface area contributed by atoms with Crippen molar-refractivity contribution < 1.29 is 0 Å². The van der Waals surface area contributed by atoms with Crippen LogP contribution < -0.4 is 5.73 Å². The van der Waals surface area contributed by atoms with E-state index in [-0.39, 0.29) is 0 Å². The Morgan fingerprint density at radius 2 is 2.27 bits per heavy atom. The molecule has 0 atom stereocenters. The van der Waals surface area contributed by atoms with Crippen LogP contribution in [0.3, 0.4) is 0 Å². The lowest BCUT2D eigenvalue weighted by atomic mass is 10.2. The Labute approximate surface area is 67.2 Å². The Hall–Kier alpha value is -1.42. The minimum atomic E-state index is 0.771. The van der Waals surface area contributed by atoms with E-state index in [1.807, 2.05) is 31.2 Å². The van der Waals surface area contributed by atoms with Crippen molar-refractivity contribution in [3.8, 4) is 11.8 Å². The molecule has 0 fully saturated rings. The smallest absolute Gasteiger partial charge is 0.0326 e. The topological polar surface area (TPSA) is 26.0 Å². The highest BCUT2D eigenvalue weighted by atomic mass is 14.5. The second kappa shape index (κ2) is 3.68. The summed E-state index contributed by atoms with van der Waals surface area (Å²) in [7, 11) is 0. The molecule has 1 aromatic rings. The first-order valence-electron chi connectivity index (χ1n) is 3.67. The van der Waals surface area contributed by atoms with Gasteiger partial charge in [-0.2, -0.15) is 0 Å². The number of nitrogen functional groups attached to an aromatic ring is 1. The first kappa shape index (κ1) is 7.68. The molecule has 56 valence electrons. The Kier molecular flexibility index (Phi) is 2.57. The van der Waals surface area contributed by atoms with Crippen molar-refractivity contribution in [1.29, 1.82) is 0 Å². The van der Waals surface area contributed by atoms with E-state index in [1.54, 1.807) is 0 Å². The molecule has 0 aliphatic heterocycles. The van der Waals surface area contributed by atoms with E-state index < -0.39 is 0 Å². The van der Waals surface area contributed by atoms with Crippen LogP contribution in [-0.2, 0) is 0 Å². The highest BCUT2D eigenvalue weighted by Gasteiger charge is 1.85. The average molecular weight is 145 g/mol. The highest BCUT2D eigenvalue weighted by Crippen LogP contribution is 2.04. The number of nitrogens with two attached hydrogens (primary N) is 1. The minimum Gasteiger partial charge on any atom is -0.399 e. The fourth-order valence-electron chi connectivity index (χ4n) is 0.807. The van der Waals surface area contributed by atoms with Crippen LogP contribution in [-0.4, -0.2) is 0 Å². The molecular weight excluding hydrogens is 134 g/mol. The SMILES string of the molecule is CCC#Cc1cccc(N)c1. The summed E-state index contributed by atoms with van der Waals surface area (Å²) in [4.78, 5) is 0. The molecule has 0 aliphatic carbocycles. The summed E-state index contributed by atoms with van der Waals surface area (Å²) >= 11 is 0. The zero-order valence-corrected chi connectivity index (χ0v) is 6.59. The molecular formula is C10H11N. The van der Waals surface area contributed by atoms with Crippen molar-refractivity contribution >= 4 is 5.69 Å². The number of hydrogen-bond acceptors (Lipinski definition) is 1. The Morgan fingerprint density at radius 3 is 2.91 bits per heavy atom. The van der Waals surface area contributed by atoms with Gasteiger partial charge < -0.3 is 5.73 Å². The van der Waals surface area contributed by atoms with Crippen molar-refractivity contribution in [2.45, 2.75) is 13.3 Å². The predicted octanol–water partition coefficient (Wildman–Crippen LogP) is 2.03. The third kappa shape index (κ3) is 2.35. The van der Waals surface area contributed by atoms with Crippen LogP contribution in [0.5, 0.6) is 0 Å². The van der Waals surface area contributed by atoms with Gasteiger partial charge in [0.15, 0.2) is 0 Å². The van der Waals surface area contributed by atoms with Gasteiger partial charge in [0, 0.05) is 17.7 Å². The van der Waals surface area contributed by atoms with E-state index in [4.69, 9.17) is 5.73 Å². The fourth-order valence-corrected chi connectivity index (χ4v) is 0.807. The van der Waals surface area contributed by atoms with Crippen LogP contribution in [0.15, 0.2) is 24.3 Å². The van der Waals surface area contributed by atoms with Gasteiger partial charge >= 0.3 is 0 Å². The number of rotatable bonds is 0. The first-order valence-corrected chi connectivity index (χ1v) is 3.67. The van der Waals surface area contributed by atoms with E-state index in [0.29, 0.717) is 0 Å². The maximum absolute atomic E-state index is 5.56. The summed E-state index contributed by atoms with van der Waals surface area (Å²) in [5.41, 5.74) is 7.33. The van der Waals surface area contributed by atoms with Crippen molar-refractivity contribution in [2.75, 3.05) is 5.73 Å². The standard InChI is InChI=1S/C10H11N/c1-2-3-5-9-6-4-7-10(11)8-9/h4,6-8H,2,11H2,1H3. The number of benzene rings is 1. The molecule has 1 rings (SSSR count). The molecule has 1 aromatic carbocycles. The molecule has 0 radical (unpaired) electrons. The van der Waals surface area contributed by atoms with Gasteiger partial charge in [-0.05, 0) is 18.2 Å². The molecule has 0 heterocycles. The van der Waals surface area contributed by atoms with Gasteiger partial charge in [-0.1, -0.05) is 24.8 Å². The summed E-state index contributed by atoms with van der Waals surface area (Å²) in [6.07, 6.45) is 0.884. The van der Waals surface area contributed by atoms with Crippen LogP contribution in [0.25, 0.3) is 0 Å². The quantitative estimate of drug-likeness (QED) is 0.438. The maximum atomic E-state index is 5.56. The minimum absolute atomic E-state index is 0.771. The summed E-state index contributed by atoms with van der Waals surface area (Å²) in [5, 5.41) is 0. The molecule has 0 saturated carbocycles. The van der Waals surface area contributed by atoms with Crippen LogP contribution in [0.4, 0.5) is 5.69 Å². The van der Waals surface area contributed by atoms with Crippen molar-refractivity contribution in [1.82, 2.24) is 0 Å². The van der Waals surface area contributed by atoms with E-state index >= 15 is 0 Å². The molecule has 0 aromatic heterocycles.